The monoisotopic (exact) mass is 435 g/mol. The number of likely N-dealkylation sites (N-methyl/N-ethyl adjacent to an activating group) is 1. The minimum atomic E-state index is -0.0900. The number of carbonyl (C=O) groups is 1. The summed E-state index contributed by atoms with van der Waals surface area (Å²) in [5.41, 5.74) is 3.81. The number of aryl methyl sites for hydroxylation is 3. The molecule has 8 heteroatoms. The van der Waals surface area contributed by atoms with Gasteiger partial charge in [-0.05, 0) is 57.1 Å². The Balaban J connectivity index is 0.00000300. The molecule has 29 heavy (non-hydrogen) atoms. The molecule has 6 nitrogen and oxygen atoms in total. The number of carbonyl (C=O) groups excluding carboxylic acids is 1. The highest BCUT2D eigenvalue weighted by Gasteiger charge is 2.24. The highest BCUT2D eigenvalue weighted by Crippen LogP contribution is 2.32. The molecular weight excluding hydrogens is 406 g/mol. The SMILES string of the molecule is CCN(CC)CCN(C(=O)c1ccn(CC)n1)c1nc2cc(C)cc(C)c2s1.Cl. The molecule has 0 atom stereocenters. The number of aromatic nitrogens is 3. The Labute approximate surface area is 182 Å². The molecular formula is C21H30ClN5OS. The zero-order valence-electron chi connectivity index (χ0n) is 17.8. The van der Waals surface area contributed by atoms with Gasteiger partial charge in [0.1, 0.15) is 0 Å². The van der Waals surface area contributed by atoms with Gasteiger partial charge in [0, 0.05) is 25.8 Å². The average molecular weight is 436 g/mol. The van der Waals surface area contributed by atoms with Crippen molar-refractivity contribution < 1.29 is 4.79 Å². The summed E-state index contributed by atoms with van der Waals surface area (Å²) in [6.45, 7) is 14.5. The van der Waals surface area contributed by atoms with Gasteiger partial charge in [-0.1, -0.05) is 31.3 Å². The van der Waals surface area contributed by atoms with Gasteiger partial charge in [0.05, 0.1) is 10.2 Å². The Morgan fingerprint density at radius 1 is 1.14 bits per heavy atom. The van der Waals surface area contributed by atoms with Gasteiger partial charge in [-0.3, -0.25) is 14.4 Å². The molecule has 1 aromatic carbocycles. The number of nitrogens with zero attached hydrogens (tertiary/aromatic N) is 5. The lowest BCUT2D eigenvalue weighted by molar-refractivity contribution is 0.0978. The van der Waals surface area contributed by atoms with Crippen molar-refractivity contribution in [3.05, 3.63) is 41.2 Å². The van der Waals surface area contributed by atoms with E-state index in [1.165, 1.54) is 11.1 Å². The molecule has 158 valence electrons. The Bertz CT molecular complexity index is 963. The van der Waals surface area contributed by atoms with Crippen LogP contribution < -0.4 is 4.90 Å². The van der Waals surface area contributed by atoms with E-state index in [0.717, 1.165) is 41.5 Å². The molecule has 2 heterocycles. The number of hydrogen-bond acceptors (Lipinski definition) is 5. The largest absolute Gasteiger partial charge is 0.302 e. The van der Waals surface area contributed by atoms with Gasteiger partial charge in [-0.15, -0.1) is 12.4 Å². The molecule has 0 fully saturated rings. The van der Waals surface area contributed by atoms with Crippen molar-refractivity contribution in [3.8, 4) is 0 Å². The van der Waals surface area contributed by atoms with Gasteiger partial charge in [-0.25, -0.2) is 4.98 Å². The minimum absolute atomic E-state index is 0. The molecule has 0 aliphatic rings. The third-order valence-corrected chi connectivity index (χ3v) is 6.23. The lowest BCUT2D eigenvalue weighted by atomic mass is 10.1. The molecule has 0 bridgehead atoms. The highest BCUT2D eigenvalue weighted by atomic mass is 35.5. The van der Waals surface area contributed by atoms with Gasteiger partial charge in [-0.2, -0.15) is 5.10 Å². The standard InChI is InChI=1S/C21H29N5OS.ClH/c1-6-24(7-2)11-12-26(20(27)17-9-10-25(8-3)23-17)21-22-18-14-15(4)13-16(5)19(18)28-21;/h9-10,13-14H,6-8,11-12H2,1-5H3;1H. The molecule has 0 aliphatic heterocycles. The topological polar surface area (TPSA) is 54.3 Å². The summed E-state index contributed by atoms with van der Waals surface area (Å²) < 4.78 is 2.92. The van der Waals surface area contributed by atoms with E-state index in [1.807, 2.05) is 13.1 Å². The van der Waals surface area contributed by atoms with Crippen LogP contribution >= 0.6 is 23.7 Å². The number of thiazole rings is 1. The summed E-state index contributed by atoms with van der Waals surface area (Å²) in [5.74, 6) is -0.0900. The Kier molecular flexibility index (Phi) is 8.19. The highest BCUT2D eigenvalue weighted by molar-refractivity contribution is 7.22. The van der Waals surface area contributed by atoms with Crippen molar-refractivity contribution in [2.75, 3.05) is 31.1 Å². The van der Waals surface area contributed by atoms with E-state index in [0.29, 0.717) is 12.2 Å². The predicted octanol–water partition coefficient (Wildman–Crippen LogP) is 4.54. The summed E-state index contributed by atoms with van der Waals surface area (Å²) >= 11 is 1.58. The summed E-state index contributed by atoms with van der Waals surface area (Å²) in [6.07, 6.45) is 1.85. The van der Waals surface area contributed by atoms with E-state index in [2.05, 4.69) is 49.8 Å². The molecule has 2 aromatic heterocycles. The van der Waals surface area contributed by atoms with Crippen molar-refractivity contribution >= 4 is 45.0 Å². The summed E-state index contributed by atoms with van der Waals surface area (Å²) in [7, 11) is 0. The van der Waals surface area contributed by atoms with E-state index in [4.69, 9.17) is 4.98 Å². The second kappa shape index (κ2) is 10.2. The van der Waals surface area contributed by atoms with Gasteiger partial charge in [0.25, 0.3) is 5.91 Å². The van der Waals surface area contributed by atoms with Crippen LogP contribution in [0.5, 0.6) is 0 Å². The molecule has 0 saturated carbocycles. The normalized spacial score (nSPS) is 11.1. The second-order valence-electron chi connectivity index (χ2n) is 6.97. The lowest BCUT2D eigenvalue weighted by Gasteiger charge is -2.24. The van der Waals surface area contributed by atoms with Crippen molar-refractivity contribution in [2.24, 2.45) is 0 Å². The zero-order chi connectivity index (χ0) is 20.3. The number of amides is 1. The Hall–Kier alpha value is -1.96. The molecule has 1 amide bonds. The number of hydrogen-bond donors (Lipinski definition) is 0. The fourth-order valence-electron chi connectivity index (χ4n) is 3.34. The maximum Gasteiger partial charge on any atom is 0.280 e. The van der Waals surface area contributed by atoms with Crippen LogP contribution in [0.2, 0.25) is 0 Å². The maximum absolute atomic E-state index is 13.3. The molecule has 0 saturated heterocycles. The maximum atomic E-state index is 13.3. The smallest absolute Gasteiger partial charge is 0.280 e. The molecule has 3 aromatic rings. The first kappa shape index (κ1) is 23.3. The number of benzene rings is 1. The number of halogens is 1. The molecule has 0 N–H and O–H groups in total. The van der Waals surface area contributed by atoms with Crippen molar-refractivity contribution in [1.82, 2.24) is 19.7 Å². The summed E-state index contributed by atoms with van der Waals surface area (Å²) in [5, 5.41) is 5.16. The Morgan fingerprint density at radius 3 is 2.48 bits per heavy atom. The molecule has 0 spiro atoms. The van der Waals surface area contributed by atoms with Crippen LogP contribution in [0, 0.1) is 13.8 Å². The first-order valence-corrected chi connectivity index (χ1v) is 10.7. The van der Waals surface area contributed by atoms with E-state index in [9.17, 15) is 4.79 Å². The van der Waals surface area contributed by atoms with Crippen molar-refractivity contribution in [2.45, 2.75) is 41.2 Å². The van der Waals surface area contributed by atoms with Crippen LogP contribution in [0.3, 0.4) is 0 Å². The Morgan fingerprint density at radius 2 is 1.86 bits per heavy atom. The number of fused-ring (bicyclic) bond motifs is 1. The quantitative estimate of drug-likeness (QED) is 0.521. The fraction of sp³-hybridized carbons (Fsp3) is 0.476. The van der Waals surface area contributed by atoms with Gasteiger partial charge < -0.3 is 4.90 Å². The van der Waals surface area contributed by atoms with Gasteiger partial charge in [0.15, 0.2) is 10.8 Å². The first-order chi connectivity index (χ1) is 13.5. The summed E-state index contributed by atoms with van der Waals surface area (Å²) in [4.78, 5) is 22.2. The lowest BCUT2D eigenvalue weighted by Crippen LogP contribution is -2.39. The summed E-state index contributed by atoms with van der Waals surface area (Å²) in [6, 6.07) is 6.04. The van der Waals surface area contributed by atoms with E-state index in [-0.39, 0.29) is 18.3 Å². The van der Waals surface area contributed by atoms with Crippen LogP contribution in [0.25, 0.3) is 10.2 Å². The minimum Gasteiger partial charge on any atom is -0.302 e. The van der Waals surface area contributed by atoms with Crippen LogP contribution in [0.4, 0.5) is 5.13 Å². The predicted molar refractivity (Wildman–Crippen MR) is 124 cm³/mol. The molecule has 3 rings (SSSR count). The first-order valence-electron chi connectivity index (χ1n) is 9.92. The second-order valence-corrected chi connectivity index (χ2v) is 7.94. The van der Waals surface area contributed by atoms with Crippen LogP contribution in [0.15, 0.2) is 24.4 Å². The molecule has 0 radical (unpaired) electrons. The third kappa shape index (κ3) is 5.15. The number of anilines is 1. The van der Waals surface area contributed by atoms with E-state index >= 15 is 0 Å². The van der Waals surface area contributed by atoms with E-state index in [1.54, 1.807) is 27.0 Å². The number of rotatable bonds is 8. The molecule has 0 aliphatic carbocycles. The zero-order valence-corrected chi connectivity index (χ0v) is 19.4. The van der Waals surface area contributed by atoms with Crippen LogP contribution in [0.1, 0.15) is 42.4 Å². The average Bonchev–Trinajstić information content (AvgIpc) is 3.32. The van der Waals surface area contributed by atoms with Crippen molar-refractivity contribution in [1.29, 1.82) is 0 Å². The third-order valence-electron chi connectivity index (χ3n) is 5.00. The van der Waals surface area contributed by atoms with Crippen LogP contribution in [-0.4, -0.2) is 51.8 Å². The van der Waals surface area contributed by atoms with Gasteiger partial charge in [0.2, 0.25) is 0 Å². The van der Waals surface area contributed by atoms with E-state index < -0.39 is 0 Å². The van der Waals surface area contributed by atoms with Crippen LogP contribution in [-0.2, 0) is 6.54 Å². The van der Waals surface area contributed by atoms with Gasteiger partial charge >= 0.3 is 0 Å². The fourth-order valence-corrected chi connectivity index (χ4v) is 4.38. The van der Waals surface area contributed by atoms with Crippen molar-refractivity contribution in [3.63, 3.8) is 0 Å². The molecule has 0 unspecified atom stereocenters.